The predicted molar refractivity (Wildman–Crippen MR) is 79.3 cm³/mol. The summed E-state index contributed by atoms with van der Waals surface area (Å²) in [5, 5.41) is 11.7. The molecule has 1 fully saturated rings. The van der Waals surface area contributed by atoms with Crippen LogP contribution < -0.4 is 5.32 Å². The lowest BCUT2D eigenvalue weighted by molar-refractivity contribution is -0.137. The molecule has 0 aromatic heterocycles. The van der Waals surface area contributed by atoms with E-state index in [1.54, 1.807) is 0 Å². The van der Waals surface area contributed by atoms with Crippen molar-refractivity contribution in [1.29, 1.82) is 0 Å². The highest BCUT2D eigenvalue weighted by Crippen LogP contribution is 2.04. The van der Waals surface area contributed by atoms with Gasteiger partial charge in [-0.05, 0) is 12.5 Å². The van der Waals surface area contributed by atoms with E-state index < -0.39 is 5.97 Å². The first kappa shape index (κ1) is 17.7. The lowest BCUT2D eigenvalue weighted by Gasteiger charge is -2.32. The van der Waals surface area contributed by atoms with E-state index in [9.17, 15) is 9.59 Å². The lowest BCUT2D eigenvalue weighted by Crippen LogP contribution is -2.50. The lowest BCUT2D eigenvalue weighted by atomic mass is 10.2. The molecule has 0 aliphatic carbocycles. The zero-order valence-corrected chi connectivity index (χ0v) is 13.2. The zero-order valence-electron chi connectivity index (χ0n) is 13.2. The maximum atomic E-state index is 12.1. The van der Waals surface area contributed by atoms with Gasteiger partial charge in [0.05, 0.1) is 12.7 Å². The molecule has 1 saturated heterocycles. The quantitative estimate of drug-likeness (QED) is 0.714. The van der Waals surface area contributed by atoms with Crippen LogP contribution in [0, 0.1) is 5.92 Å². The fourth-order valence-electron chi connectivity index (χ4n) is 2.33. The first-order chi connectivity index (χ1) is 9.92. The van der Waals surface area contributed by atoms with E-state index in [1.807, 2.05) is 13.8 Å². The molecule has 1 aliphatic heterocycles. The zero-order chi connectivity index (χ0) is 15.8. The molecule has 0 radical (unpaired) electrons. The topological polar surface area (TPSA) is 82.1 Å². The Kier molecular flexibility index (Phi) is 7.45. The molecular formula is C14H27N3O4. The van der Waals surface area contributed by atoms with Gasteiger partial charge in [-0.15, -0.1) is 0 Å². The second-order valence-electron chi connectivity index (χ2n) is 5.74. The smallest absolute Gasteiger partial charge is 0.323 e. The molecular weight excluding hydrogens is 274 g/mol. The van der Waals surface area contributed by atoms with Gasteiger partial charge >= 0.3 is 12.0 Å². The molecule has 1 unspecified atom stereocenters. The summed E-state index contributed by atoms with van der Waals surface area (Å²) in [7, 11) is 0. The highest BCUT2D eigenvalue weighted by atomic mass is 16.5. The summed E-state index contributed by atoms with van der Waals surface area (Å²) in [5.74, 6) is -0.784. The van der Waals surface area contributed by atoms with Gasteiger partial charge in [0.15, 0.2) is 0 Å². The van der Waals surface area contributed by atoms with Crippen molar-refractivity contribution in [3.8, 4) is 0 Å². The van der Waals surface area contributed by atoms with Crippen molar-refractivity contribution in [3.63, 3.8) is 0 Å². The van der Waals surface area contributed by atoms with E-state index in [4.69, 9.17) is 9.84 Å². The summed E-state index contributed by atoms with van der Waals surface area (Å²) >= 11 is 0. The van der Waals surface area contributed by atoms with E-state index in [-0.39, 0.29) is 24.6 Å². The average Bonchev–Trinajstić information content (AvgIpc) is 2.43. The highest BCUT2D eigenvalue weighted by Gasteiger charge is 2.22. The number of rotatable bonds is 7. The van der Waals surface area contributed by atoms with Crippen LogP contribution in [0.2, 0.25) is 0 Å². The Hall–Kier alpha value is -1.34. The van der Waals surface area contributed by atoms with Gasteiger partial charge in [-0.2, -0.15) is 0 Å². The number of carbonyl (C=O) groups excluding carboxylic acids is 1. The van der Waals surface area contributed by atoms with Gasteiger partial charge in [0.25, 0.3) is 0 Å². The third-order valence-electron chi connectivity index (χ3n) is 3.35. The number of carboxylic acids is 1. The number of aliphatic carboxylic acids is 1. The molecule has 7 heteroatoms. The maximum Gasteiger partial charge on any atom is 0.323 e. The fourth-order valence-corrected chi connectivity index (χ4v) is 2.33. The molecule has 0 bridgehead atoms. The first-order valence-corrected chi connectivity index (χ1v) is 7.50. The van der Waals surface area contributed by atoms with E-state index in [2.05, 4.69) is 17.1 Å². The van der Waals surface area contributed by atoms with Crippen LogP contribution in [0.25, 0.3) is 0 Å². The van der Waals surface area contributed by atoms with Gasteiger partial charge in [0.2, 0.25) is 0 Å². The highest BCUT2D eigenvalue weighted by molar-refractivity contribution is 5.80. The molecule has 0 aromatic carbocycles. The third-order valence-corrected chi connectivity index (χ3v) is 3.35. The minimum Gasteiger partial charge on any atom is -0.480 e. The van der Waals surface area contributed by atoms with Gasteiger partial charge in [-0.1, -0.05) is 20.8 Å². The van der Waals surface area contributed by atoms with Gasteiger partial charge in [0, 0.05) is 26.2 Å². The molecule has 1 heterocycles. The summed E-state index contributed by atoms with van der Waals surface area (Å²) in [5.41, 5.74) is 0. The Morgan fingerprint density at radius 1 is 1.48 bits per heavy atom. The van der Waals surface area contributed by atoms with Crippen molar-refractivity contribution in [2.75, 3.05) is 45.9 Å². The van der Waals surface area contributed by atoms with Crippen molar-refractivity contribution >= 4 is 12.0 Å². The van der Waals surface area contributed by atoms with Crippen LogP contribution in [-0.4, -0.2) is 78.9 Å². The molecule has 0 spiro atoms. The monoisotopic (exact) mass is 301 g/mol. The number of carboxylic acid groups (broad SMARTS) is 1. The minimum absolute atomic E-state index is 0.0339. The SMILES string of the molecule is CCN1CCOC(CNC(=O)N(CC(=O)O)CC(C)C)C1. The second-order valence-corrected chi connectivity index (χ2v) is 5.74. The number of carbonyl (C=O) groups is 2. The van der Waals surface area contributed by atoms with Crippen molar-refractivity contribution in [1.82, 2.24) is 15.1 Å². The predicted octanol–water partition coefficient (Wildman–Crippen LogP) is 0.459. The summed E-state index contributed by atoms with van der Waals surface area (Å²) in [6.45, 7) is 9.88. The van der Waals surface area contributed by atoms with Crippen LogP contribution in [0.4, 0.5) is 4.79 Å². The first-order valence-electron chi connectivity index (χ1n) is 7.50. The number of urea groups is 1. The molecule has 2 amide bonds. The fraction of sp³-hybridized carbons (Fsp3) is 0.857. The number of hydrogen-bond donors (Lipinski definition) is 2. The number of morpholine rings is 1. The van der Waals surface area contributed by atoms with Gasteiger partial charge in [0.1, 0.15) is 6.54 Å². The molecule has 1 atom stereocenters. The van der Waals surface area contributed by atoms with E-state index in [0.29, 0.717) is 19.7 Å². The Bertz CT molecular complexity index is 349. The molecule has 0 saturated carbocycles. The van der Waals surface area contributed by atoms with Crippen molar-refractivity contribution in [2.24, 2.45) is 5.92 Å². The number of nitrogens with zero attached hydrogens (tertiary/aromatic N) is 2. The minimum atomic E-state index is -1.00. The number of likely N-dealkylation sites (N-methyl/N-ethyl adjacent to an activating group) is 1. The van der Waals surface area contributed by atoms with E-state index in [1.165, 1.54) is 4.90 Å². The van der Waals surface area contributed by atoms with Gasteiger partial charge in [-0.25, -0.2) is 4.79 Å². The summed E-state index contributed by atoms with van der Waals surface area (Å²) in [4.78, 5) is 26.5. The molecule has 0 aromatic rings. The van der Waals surface area contributed by atoms with Crippen LogP contribution in [-0.2, 0) is 9.53 Å². The Balaban J connectivity index is 2.43. The van der Waals surface area contributed by atoms with Crippen LogP contribution in [0.15, 0.2) is 0 Å². The Morgan fingerprint density at radius 3 is 2.76 bits per heavy atom. The van der Waals surface area contributed by atoms with Gasteiger partial charge < -0.3 is 20.1 Å². The van der Waals surface area contributed by atoms with E-state index in [0.717, 1.165) is 19.6 Å². The van der Waals surface area contributed by atoms with Gasteiger partial charge in [-0.3, -0.25) is 9.69 Å². The number of nitrogens with one attached hydrogen (secondary N) is 1. The van der Waals surface area contributed by atoms with Crippen LogP contribution in [0.1, 0.15) is 20.8 Å². The maximum absolute atomic E-state index is 12.1. The number of ether oxygens (including phenoxy) is 1. The molecule has 2 N–H and O–H groups in total. The van der Waals surface area contributed by atoms with E-state index >= 15 is 0 Å². The Morgan fingerprint density at radius 2 is 2.19 bits per heavy atom. The molecule has 21 heavy (non-hydrogen) atoms. The summed E-state index contributed by atoms with van der Waals surface area (Å²) in [6, 6.07) is -0.344. The molecule has 1 rings (SSSR count). The van der Waals surface area contributed by atoms with Crippen LogP contribution in [0.3, 0.4) is 0 Å². The normalized spacial score (nSPS) is 19.5. The molecule has 1 aliphatic rings. The standard InChI is InChI=1S/C14H27N3O4/c1-4-16-5-6-21-12(9-16)7-15-14(20)17(8-11(2)3)10-13(18)19/h11-12H,4-10H2,1-3H3,(H,15,20)(H,18,19). The molecule has 122 valence electrons. The van der Waals surface area contributed by atoms with Crippen molar-refractivity contribution in [3.05, 3.63) is 0 Å². The van der Waals surface area contributed by atoms with Crippen molar-refractivity contribution in [2.45, 2.75) is 26.9 Å². The molecule has 7 nitrogen and oxygen atoms in total. The van der Waals surface area contributed by atoms with Crippen LogP contribution >= 0.6 is 0 Å². The summed E-state index contributed by atoms with van der Waals surface area (Å²) in [6.07, 6.45) is -0.0339. The third kappa shape index (κ3) is 6.77. The summed E-state index contributed by atoms with van der Waals surface area (Å²) < 4.78 is 5.61. The average molecular weight is 301 g/mol. The largest absolute Gasteiger partial charge is 0.480 e. The second kappa shape index (κ2) is 8.84. The van der Waals surface area contributed by atoms with Crippen LogP contribution in [0.5, 0.6) is 0 Å². The Labute approximate surface area is 126 Å². The van der Waals surface area contributed by atoms with Crippen molar-refractivity contribution < 1.29 is 19.4 Å². The number of amides is 2. The number of hydrogen-bond acceptors (Lipinski definition) is 4.